The molecule has 27 heavy (non-hydrogen) atoms. The molecule has 0 atom stereocenters. The molecule has 1 heterocycles. The van der Waals surface area contributed by atoms with Crippen molar-refractivity contribution in [2.24, 2.45) is 5.73 Å². The van der Waals surface area contributed by atoms with Gasteiger partial charge in [-0.05, 0) is 55.2 Å². The van der Waals surface area contributed by atoms with Crippen LogP contribution in [0.5, 0.6) is 0 Å². The van der Waals surface area contributed by atoms with Crippen LogP contribution in [0.4, 0.5) is 10.2 Å². The van der Waals surface area contributed by atoms with E-state index in [1.807, 2.05) is 12.1 Å². The second-order valence-electron chi connectivity index (χ2n) is 5.59. The van der Waals surface area contributed by atoms with E-state index in [2.05, 4.69) is 35.9 Å². The first-order valence-electron chi connectivity index (χ1n) is 8.21. The van der Waals surface area contributed by atoms with Gasteiger partial charge in [0.15, 0.2) is 11.5 Å². The summed E-state index contributed by atoms with van der Waals surface area (Å²) in [6.45, 7) is 0.922. The molecule has 140 valence electrons. The molecule has 1 amide bonds. The van der Waals surface area contributed by atoms with E-state index >= 15 is 0 Å². The van der Waals surface area contributed by atoms with Gasteiger partial charge in [-0.3, -0.25) is 4.79 Å². The maximum atomic E-state index is 14.1. The predicted octanol–water partition coefficient (Wildman–Crippen LogP) is 3.73. The summed E-state index contributed by atoms with van der Waals surface area (Å²) in [4.78, 5) is 21.8. The summed E-state index contributed by atoms with van der Waals surface area (Å²) >= 11 is 4.26. The quantitative estimate of drug-likeness (QED) is 0.375. The lowest BCUT2D eigenvalue weighted by Crippen LogP contribution is -2.27. The van der Waals surface area contributed by atoms with Crippen LogP contribution in [0.3, 0.4) is 0 Å². The van der Waals surface area contributed by atoms with Crippen LogP contribution in [0.2, 0.25) is 0 Å². The summed E-state index contributed by atoms with van der Waals surface area (Å²) in [6, 6.07) is 12.0. The van der Waals surface area contributed by atoms with Gasteiger partial charge < -0.3 is 15.8 Å². The van der Waals surface area contributed by atoms with E-state index in [4.69, 9.17) is 5.73 Å². The van der Waals surface area contributed by atoms with Gasteiger partial charge in [0.05, 0.1) is 15.9 Å². The zero-order chi connectivity index (χ0) is 19.2. The topological polar surface area (TPSA) is 92.9 Å². The normalized spacial score (nSPS) is 10.8. The van der Waals surface area contributed by atoms with Crippen LogP contribution in [-0.2, 0) is 0 Å². The number of carbonyl (C=O) groups is 1. The number of rotatable bonds is 7. The van der Waals surface area contributed by atoms with Crippen LogP contribution in [0.25, 0.3) is 11.0 Å². The number of hydrogen-bond acceptors (Lipinski definition) is 6. The minimum atomic E-state index is -0.385. The van der Waals surface area contributed by atoms with E-state index in [0.717, 1.165) is 11.9 Å². The summed E-state index contributed by atoms with van der Waals surface area (Å²) in [7, 11) is 0. The van der Waals surface area contributed by atoms with Gasteiger partial charge in [0.2, 0.25) is 0 Å². The smallest absolute Gasteiger partial charge is 0.273 e. The Morgan fingerprint density at radius 3 is 2.63 bits per heavy atom. The fraction of sp³-hybridized carbons (Fsp3) is 0.167. The molecule has 0 fully saturated rings. The Balaban J connectivity index is 1.89. The van der Waals surface area contributed by atoms with Gasteiger partial charge in [-0.1, -0.05) is 28.1 Å². The van der Waals surface area contributed by atoms with Gasteiger partial charge in [0, 0.05) is 11.0 Å². The lowest BCUT2D eigenvalue weighted by atomic mass is 10.2. The molecule has 0 saturated carbocycles. The Labute approximate surface area is 168 Å². The van der Waals surface area contributed by atoms with Crippen LogP contribution in [-0.4, -0.2) is 29.0 Å². The minimum Gasteiger partial charge on any atom is -0.351 e. The molecule has 9 heteroatoms. The highest BCUT2D eigenvalue weighted by Crippen LogP contribution is 2.27. The first-order valence-corrected chi connectivity index (χ1v) is 9.82. The predicted molar refractivity (Wildman–Crippen MR) is 109 cm³/mol. The second-order valence-corrected chi connectivity index (χ2v) is 7.35. The number of nitrogens with zero attached hydrogens (tertiary/aromatic N) is 2. The monoisotopic (exact) mass is 449 g/mol. The third-order valence-electron chi connectivity index (χ3n) is 3.60. The number of aromatic nitrogens is 2. The SMILES string of the molecule is NCCCNC(=O)c1nc2ccccc2nc1NSc1ccc(Br)cc1F. The Kier molecular flexibility index (Phi) is 6.59. The molecule has 3 aromatic rings. The van der Waals surface area contributed by atoms with E-state index in [1.165, 1.54) is 6.07 Å². The number of carbonyl (C=O) groups excluding carboxylic acids is 1. The zero-order valence-corrected chi connectivity index (χ0v) is 16.6. The van der Waals surface area contributed by atoms with Gasteiger partial charge in [0.25, 0.3) is 5.91 Å². The van der Waals surface area contributed by atoms with Crippen LogP contribution >= 0.6 is 27.9 Å². The number of hydrogen-bond donors (Lipinski definition) is 3. The first kappa shape index (κ1) is 19.5. The van der Waals surface area contributed by atoms with E-state index in [9.17, 15) is 9.18 Å². The average molecular weight is 450 g/mol. The average Bonchev–Trinajstić information content (AvgIpc) is 2.66. The number of halogens is 2. The molecular formula is C18H17BrFN5OS. The number of amides is 1. The van der Waals surface area contributed by atoms with Crippen molar-refractivity contribution in [2.45, 2.75) is 11.3 Å². The van der Waals surface area contributed by atoms with E-state index in [-0.39, 0.29) is 23.2 Å². The molecule has 1 aromatic heterocycles. The molecule has 0 aliphatic rings. The highest BCUT2D eigenvalue weighted by Gasteiger charge is 2.17. The Morgan fingerprint density at radius 1 is 1.19 bits per heavy atom. The van der Waals surface area contributed by atoms with Gasteiger partial charge in [-0.2, -0.15) is 0 Å². The van der Waals surface area contributed by atoms with Crippen molar-refractivity contribution in [3.8, 4) is 0 Å². The molecule has 0 unspecified atom stereocenters. The summed E-state index contributed by atoms with van der Waals surface area (Å²) in [5.41, 5.74) is 6.85. The number of benzene rings is 2. The van der Waals surface area contributed by atoms with Gasteiger partial charge in [0.1, 0.15) is 5.82 Å². The minimum absolute atomic E-state index is 0.149. The highest BCUT2D eigenvalue weighted by atomic mass is 79.9. The second kappa shape index (κ2) is 9.12. The number of anilines is 1. The van der Waals surface area contributed by atoms with Crippen LogP contribution < -0.4 is 15.8 Å². The molecule has 0 bridgehead atoms. The van der Waals surface area contributed by atoms with Gasteiger partial charge in [-0.25, -0.2) is 14.4 Å². The Bertz CT molecular complexity index is 972. The summed E-state index contributed by atoms with van der Waals surface area (Å²) < 4.78 is 17.7. The van der Waals surface area contributed by atoms with E-state index < -0.39 is 0 Å². The van der Waals surface area contributed by atoms with Crippen molar-refractivity contribution in [2.75, 3.05) is 17.8 Å². The van der Waals surface area contributed by atoms with Gasteiger partial charge >= 0.3 is 0 Å². The third kappa shape index (κ3) is 4.94. The van der Waals surface area contributed by atoms with Crippen molar-refractivity contribution in [3.05, 3.63) is 58.4 Å². The van der Waals surface area contributed by atoms with Crippen molar-refractivity contribution >= 4 is 50.6 Å². The molecule has 0 spiro atoms. The number of nitrogens with one attached hydrogen (secondary N) is 2. The molecule has 4 N–H and O–H groups in total. The molecule has 0 saturated heterocycles. The maximum Gasteiger partial charge on any atom is 0.273 e. The molecule has 0 aliphatic carbocycles. The molecule has 3 rings (SSSR count). The maximum absolute atomic E-state index is 14.1. The molecule has 0 radical (unpaired) electrons. The third-order valence-corrected chi connectivity index (χ3v) is 4.94. The summed E-state index contributed by atoms with van der Waals surface area (Å²) in [5.74, 6) is -0.475. The van der Waals surface area contributed by atoms with Crippen LogP contribution in [0.15, 0.2) is 51.8 Å². The molecule has 6 nitrogen and oxygen atoms in total. The van der Waals surface area contributed by atoms with Crippen molar-refractivity contribution in [1.29, 1.82) is 0 Å². The fourth-order valence-electron chi connectivity index (χ4n) is 2.28. The lowest BCUT2D eigenvalue weighted by molar-refractivity contribution is 0.0949. The van der Waals surface area contributed by atoms with E-state index in [1.54, 1.807) is 24.3 Å². The van der Waals surface area contributed by atoms with E-state index in [0.29, 0.717) is 39.9 Å². The molecule has 0 aliphatic heterocycles. The number of para-hydroxylation sites is 2. The molecule has 2 aromatic carbocycles. The number of fused-ring (bicyclic) bond motifs is 1. The molecular weight excluding hydrogens is 433 g/mol. The highest BCUT2D eigenvalue weighted by molar-refractivity contribution is 9.10. The van der Waals surface area contributed by atoms with Crippen LogP contribution in [0, 0.1) is 5.82 Å². The largest absolute Gasteiger partial charge is 0.351 e. The zero-order valence-electron chi connectivity index (χ0n) is 14.2. The van der Waals surface area contributed by atoms with Crippen molar-refractivity contribution in [3.63, 3.8) is 0 Å². The summed E-state index contributed by atoms with van der Waals surface area (Å²) in [5, 5.41) is 2.77. The standard InChI is InChI=1S/C18H17BrFN5OS/c19-11-6-7-15(12(20)10-11)27-25-17-16(18(26)22-9-3-8-21)23-13-4-1-2-5-14(13)24-17/h1-2,4-7,10H,3,8-9,21H2,(H,22,26)(H,24,25). The van der Waals surface area contributed by atoms with Crippen LogP contribution in [0.1, 0.15) is 16.9 Å². The first-order chi connectivity index (χ1) is 13.1. The number of nitrogens with two attached hydrogens (primary N) is 1. The van der Waals surface area contributed by atoms with Gasteiger partial charge in [-0.15, -0.1) is 0 Å². The van der Waals surface area contributed by atoms with Crippen molar-refractivity contribution < 1.29 is 9.18 Å². The Morgan fingerprint density at radius 2 is 1.93 bits per heavy atom. The fourth-order valence-corrected chi connectivity index (χ4v) is 3.25. The summed E-state index contributed by atoms with van der Waals surface area (Å²) in [6.07, 6.45) is 0.661. The lowest BCUT2D eigenvalue weighted by Gasteiger charge is -2.12. The Hall–Kier alpha value is -2.23. The van der Waals surface area contributed by atoms with Crippen molar-refractivity contribution in [1.82, 2.24) is 15.3 Å².